The van der Waals surface area contributed by atoms with Gasteiger partial charge in [-0.05, 0) is 49.7 Å². The maximum absolute atomic E-state index is 13.5. The van der Waals surface area contributed by atoms with Crippen LogP contribution in [0.25, 0.3) is 0 Å². The molecule has 0 radical (unpaired) electrons. The minimum atomic E-state index is -0.582. The summed E-state index contributed by atoms with van der Waals surface area (Å²) in [6.45, 7) is 6.97. The molecule has 6 heteroatoms. The van der Waals surface area contributed by atoms with Crippen molar-refractivity contribution in [2.24, 2.45) is 0 Å². The Labute approximate surface area is 114 Å². The van der Waals surface area contributed by atoms with Crippen LogP contribution in [0.3, 0.4) is 0 Å². The summed E-state index contributed by atoms with van der Waals surface area (Å²) in [5, 5.41) is 2.57. The van der Waals surface area contributed by atoms with Crippen LogP contribution in [-0.2, 0) is 4.74 Å². The molecule has 0 aromatic carbocycles. The summed E-state index contributed by atoms with van der Waals surface area (Å²) in [5.74, 6) is -0.471. The molecule has 0 bridgehead atoms. The lowest BCUT2D eigenvalue weighted by atomic mass is 10.1. The van der Waals surface area contributed by atoms with Gasteiger partial charge in [0.25, 0.3) is 0 Å². The van der Waals surface area contributed by atoms with E-state index < -0.39 is 23.6 Å². The lowest BCUT2D eigenvalue weighted by molar-refractivity contribution is 0.0507. The Morgan fingerprint density at radius 1 is 1.56 bits per heavy atom. The molecule has 1 atom stereocenters. The summed E-state index contributed by atoms with van der Waals surface area (Å²) in [6.07, 6.45) is 0.523. The van der Waals surface area contributed by atoms with Gasteiger partial charge in [0.15, 0.2) is 0 Å². The maximum atomic E-state index is 13.5. The second-order valence-corrected chi connectivity index (χ2v) is 5.71. The quantitative estimate of drug-likeness (QED) is 0.848. The van der Waals surface area contributed by atoms with Crippen molar-refractivity contribution in [1.82, 2.24) is 10.3 Å². The van der Waals surface area contributed by atoms with Crippen molar-refractivity contribution >= 4 is 22.0 Å². The second kappa shape index (κ2) is 5.65. The minimum absolute atomic E-state index is 0.350. The molecule has 4 nitrogen and oxygen atoms in total. The number of hydrogen-bond acceptors (Lipinski definition) is 3. The zero-order valence-electron chi connectivity index (χ0n) is 10.8. The first-order valence-electron chi connectivity index (χ1n) is 5.49. The summed E-state index contributed by atoms with van der Waals surface area (Å²) < 4.78 is 19.1. The molecule has 1 heterocycles. The number of ether oxygens (including phenoxy) is 1. The van der Waals surface area contributed by atoms with Crippen LogP contribution in [0.5, 0.6) is 0 Å². The number of carbonyl (C=O) groups excluding carboxylic acids is 1. The van der Waals surface area contributed by atoms with E-state index in [1.165, 1.54) is 6.07 Å². The van der Waals surface area contributed by atoms with E-state index in [2.05, 4.69) is 26.2 Å². The number of alkyl carbamates (subject to hydrolysis) is 1. The zero-order chi connectivity index (χ0) is 13.9. The Morgan fingerprint density at radius 2 is 2.17 bits per heavy atom. The molecule has 100 valence electrons. The molecule has 18 heavy (non-hydrogen) atoms. The van der Waals surface area contributed by atoms with Gasteiger partial charge in [-0.25, -0.2) is 14.2 Å². The molecule has 1 amide bonds. The van der Waals surface area contributed by atoms with Crippen molar-refractivity contribution < 1.29 is 13.9 Å². The normalized spacial score (nSPS) is 13.0. The van der Waals surface area contributed by atoms with Gasteiger partial charge in [0.1, 0.15) is 16.0 Å². The van der Waals surface area contributed by atoms with E-state index in [1.807, 2.05) is 0 Å². The molecule has 0 fully saturated rings. The standard InChI is InChI=1S/C12H16BrFN2O2/c1-7(16-11(17)18-12(2,3)4)8-5-10(13)15-6-9(8)14/h5-7H,1-4H3,(H,16,17). The lowest BCUT2D eigenvalue weighted by Crippen LogP contribution is -2.34. The predicted molar refractivity (Wildman–Crippen MR) is 69.7 cm³/mol. The molecule has 1 rings (SSSR count). The van der Waals surface area contributed by atoms with Gasteiger partial charge in [0.2, 0.25) is 0 Å². The summed E-state index contributed by atoms with van der Waals surface area (Å²) in [6, 6.07) is 1.02. The molecule has 0 aliphatic heterocycles. The van der Waals surface area contributed by atoms with Gasteiger partial charge < -0.3 is 10.1 Å². The van der Waals surface area contributed by atoms with E-state index in [1.54, 1.807) is 27.7 Å². The van der Waals surface area contributed by atoms with E-state index in [9.17, 15) is 9.18 Å². The van der Waals surface area contributed by atoms with Gasteiger partial charge in [-0.15, -0.1) is 0 Å². The summed E-state index contributed by atoms with van der Waals surface area (Å²) in [5.41, 5.74) is -0.232. The molecule has 1 aromatic heterocycles. The summed E-state index contributed by atoms with van der Waals surface area (Å²) >= 11 is 3.16. The highest BCUT2D eigenvalue weighted by molar-refractivity contribution is 9.10. The van der Waals surface area contributed by atoms with E-state index in [4.69, 9.17) is 4.74 Å². The topological polar surface area (TPSA) is 51.2 Å². The minimum Gasteiger partial charge on any atom is -0.444 e. The number of rotatable bonds is 2. The van der Waals surface area contributed by atoms with Crippen LogP contribution < -0.4 is 5.32 Å². The fourth-order valence-electron chi connectivity index (χ4n) is 1.32. The van der Waals surface area contributed by atoms with E-state index in [-0.39, 0.29) is 0 Å². The molecule has 0 spiro atoms. The Bertz CT molecular complexity index is 446. The number of nitrogens with zero attached hydrogens (tertiary/aromatic N) is 1. The van der Waals surface area contributed by atoms with E-state index in [0.29, 0.717) is 10.2 Å². The fourth-order valence-corrected chi connectivity index (χ4v) is 1.67. The van der Waals surface area contributed by atoms with Gasteiger partial charge in [0.05, 0.1) is 12.2 Å². The van der Waals surface area contributed by atoms with Gasteiger partial charge in [-0.3, -0.25) is 0 Å². The SMILES string of the molecule is CC(NC(=O)OC(C)(C)C)c1cc(Br)ncc1F. The average molecular weight is 319 g/mol. The molecule has 0 aliphatic rings. The first kappa shape index (κ1) is 14.9. The molecule has 0 saturated heterocycles. The molecule has 1 unspecified atom stereocenters. The van der Waals surface area contributed by atoms with Crippen LogP contribution in [0, 0.1) is 5.82 Å². The highest BCUT2D eigenvalue weighted by Gasteiger charge is 2.20. The molecule has 0 saturated carbocycles. The van der Waals surface area contributed by atoms with Crippen molar-refractivity contribution in [3.8, 4) is 0 Å². The first-order valence-corrected chi connectivity index (χ1v) is 6.29. The smallest absolute Gasteiger partial charge is 0.408 e. The Kier molecular flexibility index (Phi) is 4.67. The van der Waals surface area contributed by atoms with E-state index >= 15 is 0 Å². The Balaban J connectivity index is 2.73. The molecule has 0 aliphatic carbocycles. The third-order valence-corrected chi connectivity index (χ3v) is 2.49. The molecular weight excluding hydrogens is 303 g/mol. The molecule has 1 aromatic rings. The number of pyridine rings is 1. The Morgan fingerprint density at radius 3 is 2.72 bits per heavy atom. The first-order chi connectivity index (χ1) is 8.19. The number of nitrogens with one attached hydrogen (secondary N) is 1. The van der Waals surface area contributed by atoms with Crippen molar-refractivity contribution in [2.45, 2.75) is 39.3 Å². The van der Waals surface area contributed by atoms with Crippen LogP contribution in [0.4, 0.5) is 9.18 Å². The zero-order valence-corrected chi connectivity index (χ0v) is 12.3. The second-order valence-electron chi connectivity index (χ2n) is 4.90. The maximum Gasteiger partial charge on any atom is 0.408 e. The van der Waals surface area contributed by atoms with Crippen LogP contribution in [0.1, 0.15) is 39.3 Å². The Hall–Kier alpha value is -1.17. The third kappa shape index (κ3) is 4.60. The third-order valence-electron chi connectivity index (χ3n) is 2.05. The number of hydrogen-bond donors (Lipinski definition) is 1. The number of aromatic nitrogens is 1. The van der Waals surface area contributed by atoms with Crippen molar-refractivity contribution in [3.05, 3.63) is 28.2 Å². The predicted octanol–water partition coefficient (Wildman–Crippen LogP) is 3.57. The van der Waals surface area contributed by atoms with E-state index in [0.717, 1.165) is 6.20 Å². The van der Waals surface area contributed by atoms with Gasteiger partial charge >= 0.3 is 6.09 Å². The highest BCUT2D eigenvalue weighted by Crippen LogP contribution is 2.20. The largest absolute Gasteiger partial charge is 0.444 e. The number of halogens is 2. The van der Waals surface area contributed by atoms with Crippen LogP contribution in [0.15, 0.2) is 16.9 Å². The lowest BCUT2D eigenvalue weighted by Gasteiger charge is -2.22. The van der Waals surface area contributed by atoms with Crippen molar-refractivity contribution in [1.29, 1.82) is 0 Å². The molecule has 1 N–H and O–H groups in total. The van der Waals surface area contributed by atoms with Gasteiger partial charge in [-0.2, -0.15) is 0 Å². The fraction of sp³-hybridized carbons (Fsp3) is 0.500. The monoisotopic (exact) mass is 318 g/mol. The van der Waals surface area contributed by atoms with Crippen LogP contribution in [-0.4, -0.2) is 16.7 Å². The summed E-state index contributed by atoms with van der Waals surface area (Å²) in [4.78, 5) is 15.3. The highest BCUT2D eigenvalue weighted by atomic mass is 79.9. The summed E-state index contributed by atoms with van der Waals surface area (Å²) in [7, 11) is 0. The number of amides is 1. The van der Waals surface area contributed by atoms with Crippen molar-refractivity contribution in [2.75, 3.05) is 0 Å². The number of carbonyl (C=O) groups is 1. The van der Waals surface area contributed by atoms with Crippen molar-refractivity contribution in [3.63, 3.8) is 0 Å². The molecular formula is C12H16BrFN2O2. The van der Waals surface area contributed by atoms with Crippen LogP contribution >= 0.6 is 15.9 Å². The average Bonchev–Trinajstić information content (AvgIpc) is 2.18. The van der Waals surface area contributed by atoms with Crippen LogP contribution in [0.2, 0.25) is 0 Å². The van der Waals surface area contributed by atoms with Gasteiger partial charge in [-0.1, -0.05) is 0 Å². The van der Waals surface area contributed by atoms with Gasteiger partial charge in [0, 0.05) is 5.56 Å².